The number of carbonyl (C=O) groups excluding carboxylic acids is 1. The van der Waals surface area contributed by atoms with Crippen LogP contribution in [0.25, 0.3) is 10.7 Å². The highest BCUT2D eigenvalue weighted by atomic mass is 32.1. The van der Waals surface area contributed by atoms with Crippen LogP contribution < -0.4 is 5.32 Å². The maximum Gasteiger partial charge on any atom is 0.223 e. The summed E-state index contributed by atoms with van der Waals surface area (Å²) >= 11 is 1.67. The Morgan fingerprint density at radius 1 is 1.43 bits per heavy atom. The highest BCUT2D eigenvalue weighted by Crippen LogP contribution is 2.33. The van der Waals surface area contributed by atoms with Crippen molar-refractivity contribution in [1.82, 2.24) is 15.3 Å². The molecule has 4 nitrogen and oxygen atoms in total. The molecule has 1 atom stereocenters. The Kier molecular flexibility index (Phi) is 4.01. The maximum absolute atomic E-state index is 12.2. The summed E-state index contributed by atoms with van der Waals surface area (Å²) < 4.78 is 0. The van der Waals surface area contributed by atoms with Crippen molar-refractivity contribution in [1.29, 1.82) is 0 Å². The van der Waals surface area contributed by atoms with Gasteiger partial charge in [-0.25, -0.2) is 4.98 Å². The van der Waals surface area contributed by atoms with Crippen molar-refractivity contribution in [2.45, 2.75) is 39.2 Å². The Balaban J connectivity index is 1.78. The fourth-order valence-corrected chi connectivity index (χ4v) is 3.76. The molecule has 2 heterocycles. The molecule has 21 heavy (non-hydrogen) atoms. The number of pyridine rings is 1. The molecule has 1 amide bonds. The standard InChI is InChI=1S/C16H19N3OS/c1-10(2)18-15(20)11-6-7-12-14(9-11)21-16(19-12)13-5-3-4-8-17-13/h3-5,8,10-11H,6-7,9H2,1-2H3,(H,18,20). The topological polar surface area (TPSA) is 54.9 Å². The van der Waals surface area contributed by atoms with Crippen LogP contribution in [0.1, 0.15) is 30.8 Å². The van der Waals surface area contributed by atoms with Gasteiger partial charge in [0, 0.05) is 23.0 Å². The molecule has 110 valence electrons. The van der Waals surface area contributed by atoms with Gasteiger partial charge >= 0.3 is 0 Å². The molecule has 2 aromatic heterocycles. The SMILES string of the molecule is CC(C)NC(=O)C1CCc2nc(-c3ccccn3)sc2C1. The van der Waals surface area contributed by atoms with Crippen LogP contribution in [0, 0.1) is 5.92 Å². The third-order valence-corrected chi connectivity index (χ3v) is 4.77. The molecule has 0 saturated carbocycles. The first kappa shape index (κ1) is 14.2. The molecule has 1 aliphatic carbocycles. The van der Waals surface area contributed by atoms with Crippen molar-refractivity contribution in [2.75, 3.05) is 0 Å². The molecule has 0 radical (unpaired) electrons. The van der Waals surface area contributed by atoms with Gasteiger partial charge in [-0.15, -0.1) is 11.3 Å². The number of thiazole rings is 1. The Hall–Kier alpha value is -1.75. The zero-order valence-corrected chi connectivity index (χ0v) is 13.1. The number of aromatic nitrogens is 2. The Bertz CT molecular complexity index is 636. The highest BCUT2D eigenvalue weighted by Gasteiger charge is 2.28. The van der Waals surface area contributed by atoms with Gasteiger partial charge in [-0.1, -0.05) is 6.07 Å². The van der Waals surface area contributed by atoms with E-state index in [4.69, 9.17) is 4.98 Å². The van der Waals surface area contributed by atoms with Crippen LogP contribution in [0.4, 0.5) is 0 Å². The zero-order chi connectivity index (χ0) is 14.8. The average molecular weight is 301 g/mol. The summed E-state index contributed by atoms with van der Waals surface area (Å²) in [7, 11) is 0. The van der Waals surface area contributed by atoms with Crippen molar-refractivity contribution >= 4 is 17.2 Å². The van der Waals surface area contributed by atoms with Crippen molar-refractivity contribution in [3.8, 4) is 10.7 Å². The van der Waals surface area contributed by atoms with E-state index in [1.54, 1.807) is 17.5 Å². The Morgan fingerprint density at radius 3 is 3.00 bits per heavy atom. The molecule has 0 bridgehead atoms. The average Bonchev–Trinajstić information content (AvgIpc) is 2.90. The number of nitrogens with zero attached hydrogens (tertiary/aromatic N) is 2. The molecule has 0 saturated heterocycles. The van der Waals surface area contributed by atoms with Crippen LogP contribution in [0.15, 0.2) is 24.4 Å². The van der Waals surface area contributed by atoms with E-state index in [2.05, 4.69) is 10.3 Å². The first-order valence-electron chi connectivity index (χ1n) is 7.34. The summed E-state index contributed by atoms with van der Waals surface area (Å²) in [6.45, 7) is 4.00. The Labute approximate surface area is 128 Å². The van der Waals surface area contributed by atoms with Crippen LogP contribution in [0.2, 0.25) is 0 Å². The molecule has 2 aromatic rings. The van der Waals surface area contributed by atoms with Gasteiger partial charge in [0.05, 0.1) is 11.4 Å². The molecule has 1 aliphatic rings. The lowest BCUT2D eigenvalue weighted by atomic mass is 9.90. The predicted octanol–water partition coefficient (Wildman–Crippen LogP) is 2.83. The minimum absolute atomic E-state index is 0.0805. The zero-order valence-electron chi connectivity index (χ0n) is 12.3. The number of nitrogens with one attached hydrogen (secondary N) is 1. The third kappa shape index (κ3) is 3.13. The second-order valence-corrected chi connectivity index (χ2v) is 6.79. The Morgan fingerprint density at radius 2 is 2.29 bits per heavy atom. The van der Waals surface area contributed by atoms with Gasteiger partial charge in [0.25, 0.3) is 0 Å². The maximum atomic E-state index is 12.2. The first-order valence-corrected chi connectivity index (χ1v) is 8.15. The van der Waals surface area contributed by atoms with E-state index in [0.29, 0.717) is 0 Å². The molecule has 1 N–H and O–H groups in total. The highest BCUT2D eigenvalue weighted by molar-refractivity contribution is 7.15. The summed E-state index contributed by atoms with van der Waals surface area (Å²) in [5, 5.41) is 3.98. The monoisotopic (exact) mass is 301 g/mol. The van der Waals surface area contributed by atoms with Gasteiger partial charge in [0.15, 0.2) is 0 Å². The van der Waals surface area contributed by atoms with E-state index in [1.165, 1.54) is 4.88 Å². The van der Waals surface area contributed by atoms with Crippen LogP contribution in [0.5, 0.6) is 0 Å². The number of fused-ring (bicyclic) bond motifs is 1. The van der Waals surface area contributed by atoms with E-state index in [1.807, 2.05) is 32.0 Å². The summed E-state index contributed by atoms with van der Waals surface area (Å²) in [4.78, 5) is 22.5. The largest absolute Gasteiger partial charge is 0.354 e. The van der Waals surface area contributed by atoms with E-state index in [0.717, 1.165) is 35.7 Å². The van der Waals surface area contributed by atoms with Gasteiger partial charge in [0.2, 0.25) is 5.91 Å². The number of hydrogen-bond donors (Lipinski definition) is 1. The minimum atomic E-state index is 0.0805. The minimum Gasteiger partial charge on any atom is -0.354 e. The van der Waals surface area contributed by atoms with E-state index in [-0.39, 0.29) is 17.9 Å². The lowest BCUT2D eigenvalue weighted by Crippen LogP contribution is -2.37. The second-order valence-electron chi connectivity index (χ2n) is 5.71. The number of hydrogen-bond acceptors (Lipinski definition) is 4. The quantitative estimate of drug-likeness (QED) is 0.948. The first-order chi connectivity index (χ1) is 10.1. The van der Waals surface area contributed by atoms with Crippen molar-refractivity contribution in [2.24, 2.45) is 5.92 Å². The smallest absolute Gasteiger partial charge is 0.223 e. The van der Waals surface area contributed by atoms with Crippen LogP contribution in [0.3, 0.4) is 0 Å². The summed E-state index contributed by atoms with van der Waals surface area (Å²) in [6.07, 6.45) is 4.36. The molecular weight excluding hydrogens is 282 g/mol. The fraction of sp³-hybridized carbons (Fsp3) is 0.438. The number of amides is 1. The van der Waals surface area contributed by atoms with Crippen molar-refractivity contribution in [3.63, 3.8) is 0 Å². The number of rotatable bonds is 3. The molecule has 3 rings (SSSR count). The number of carbonyl (C=O) groups is 1. The van der Waals surface area contributed by atoms with Crippen LogP contribution in [-0.2, 0) is 17.6 Å². The van der Waals surface area contributed by atoms with Gasteiger partial charge < -0.3 is 5.32 Å². The lowest BCUT2D eigenvalue weighted by Gasteiger charge is -2.21. The summed E-state index contributed by atoms with van der Waals surface area (Å²) in [5.41, 5.74) is 2.06. The second kappa shape index (κ2) is 5.93. The third-order valence-electron chi connectivity index (χ3n) is 3.63. The van der Waals surface area contributed by atoms with Crippen molar-refractivity contribution in [3.05, 3.63) is 35.0 Å². The normalized spacial score (nSPS) is 17.6. The molecular formula is C16H19N3OS. The lowest BCUT2D eigenvalue weighted by molar-refractivity contribution is -0.125. The van der Waals surface area contributed by atoms with Crippen LogP contribution >= 0.6 is 11.3 Å². The molecule has 0 spiro atoms. The molecule has 0 fully saturated rings. The van der Waals surface area contributed by atoms with Gasteiger partial charge in [-0.2, -0.15) is 0 Å². The van der Waals surface area contributed by atoms with Crippen LogP contribution in [-0.4, -0.2) is 21.9 Å². The van der Waals surface area contributed by atoms with E-state index >= 15 is 0 Å². The molecule has 0 aliphatic heterocycles. The molecule has 0 aromatic carbocycles. The van der Waals surface area contributed by atoms with Gasteiger partial charge in [0.1, 0.15) is 5.01 Å². The van der Waals surface area contributed by atoms with Crippen molar-refractivity contribution < 1.29 is 4.79 Å². The molecule has 5 heteroatoms. The summed E-state index contributed by atoms with van der Waals surface area (Å²) in [5.74, 6) is 0.250. The van der Waals surface area contributed by atoms with E-state index in [9.17, 15) is 4.79 Å². The van der Waals surface area contributed by atoms with Gasteiger partial charge in [-0.05, 0) is 45.2 Å². The number of aryl methyl sites for hydroxylation is 1. The predicted molar refractivity (Wildman–Crippen MR) is 84.1 cm³/mol. The molecule has 1 unspecified atom stereocenters. The fourth-order valence-electron chi connectivity index (χ4n) is 2.60. The van der Waals surface area contributed by atoms with Gasteiger partial charge in [-0.3, -0.25) is 9.78 Å². The summed E-state index contributed by atoms with van der Waals surface area (Å²) in [6, 6.07) is 6.06. The van der Waals surface area contributed by atoms with E-state index < -0.39 is 0 Å².